The first kappa shape index (κ1) is 14.4. The van der Waals surface area contributed by atoms with Gasteiger partial charge < -0.3 is 10.6 Å². The summed E-state index contributed by atoms with van der Waals surface area (Å²) in [7, 11) is 0. The second-order valence-corrected chi connectivity index (χ2v) is 5.54. The normalized spacial score (nSPS) is 28.6. The third kappa shape index (κ3) is 2.93. The topological polar surface area (TPSA) is 41.1 Å². The Hall–Kier alpha value is -1.06. The summed E-state index contributed by atoms with van der Waals surface area (Å²) in [5.41, 5.74) is 2.55. The van der Waals surface area contributed by atoms with E-state index < -0.39 is 0 Å². The summed E-state index contributed by atoms with van der Waals surface area (Å²) < 4.78 is 0. The Morgan fingerprint density at radius 1 is 1.37 bits per heavy atom. The second-order valence-electron chi connectivity index (χ2n) is 5.54. The molecule has 2 N–H and O–H groups in total. The highest BCUT2D eigenvalue weighted by atomic mass is 35.5. The van der Waals surface area contributed by atoms with Crippen LogP contribution in [0.2, 0.25) is 0 Å². The minimum absolute atomic E-state index is 0. The Morgan fingerprint density at radius 2 is 2.16 bits per heavy atom. The average Bonchev–Trinajstić information content (AvgIpc) is 2.30. The van der Waals surface area contributed by atoms with Crippen molar-refractivity contribution in [2.75, 3.05) is 6.54 Å². The van der Waals surface area contributed by atoms with Crippen LogP contribution in [-0.4, -0.2) is 24.5 Å². The average molecular weight is 281 g/mol. The summed E-state index contributed by atoms with van der Waals surface area (Å²) >= 11 is 0. The highest BCUT2D eigenvalue weighted by Crippen LogP contribution is 2.35. The molecule has 1 fully saturated rings. The van der Waals surface area contributed by atoms with E-state index in [1.165, 1.54) is 11.1 Å². The van der Waals surface area contributed by atoms with Gasteiger partial charge in [0, 0.05) is 12.1 Å². The molecule has 1 amide bonds. The molecule has 0 bridgehead atoms. The number of fused-ring (bicyclic) bond motifs is 1. The molecule has 3 unspecified atom stereocenters. The van der Waals surface area contributed by atoms with Crippen LogP contribution in [0.5, 0.6) is 0 Å². The van der Waals surface area contributed by atoms with Gasteiger partial charge in [0.1, 0.15) is 0 Å². The summed E-state index contributed by atoms with van der Waals surface area (Å²) in [6.07, 6.45) is 2.99. The Kier molecular flexibility index (Phi) is 4.48. The van der Waals surface area contributed by atoms with Gasteiger partial charge in [-0.3, -0.25) is 4.79 Å². The molecule has 19 heavy (non-hydrogen) atoms. The van der Waals surface area contributed by atoms with Crippen LogP contribution in [0, 0.1) is 0 Å². The van der Waals surface area contributed by atoms with Crippen molar-refractivity contribution in [2.24, 2.45) is 0 Å². The number of rotatable bonds is 2. The van der Waals surface area contributed by atoms with E-state index in [9.17, 15) is 4.79 Å². The molecule has 1 aliphatic heterocycles. The third-order valence-electron chi connectivity index (χ3n) is 4.14. The number of hydrogen-bond acceptors (Lipinski definition) is 2. The molecule has 1 heterocycles. The van der Waals surface area contributed by atoms with Crippen LogP contribution in [0.25, 0.3) is 0 Å². The lowest BCUT2D eigenvalue weighted by molar-refractivity contribution is -0.124. The lowest BCUT2D eigenvalue weighted by atomic mass is 9.77. The van der Waals surface area contributed by atoms with Gasteiger partial charge in [-0.15, -0.1) is 12.4 Å². The van der Waals surface area contributed by atoms with Crippen molar-refractivity contribution in [1.82, 2.24) is 10.6 Å². The van der Waals surface area contributed by atoms with E-state index in [2.05, 4.69) is 29.7 Å². The molecule has 3 atom stereocenters. The molecule has 1 aromatic carbocycles. The van der Waals surface area contributed by atoms with Crippen molar-refractivity contribution in [1.29, 1.82) is 0 Å². The molecule has 0 saturated carbocycles. The summed E-state index contributed by atoms with van der Waals surface area (Å²) in [4.78, 5) is 12.2. The Bertz CT molecular complexity index is 463. The van der Waals surface area contributed by atoms with Crippen molar-refractivity contribution < 1.29 is 4.79 Å². The van der Waals surface area contributed by atoms with Gasteiger partial charge in [-0.25, -0.2) is 0 Å². The molecule has 3 nitrogen and oxygen atoms in total. The maximum atomic E-state index is 12.2. The quantitative estimate of drug-likeness (QED) is 0.870. The van der Waals surface area contributed by atoms with Gasteiger partial charge in [-0.05, 0) is 43.9 Å². The van der Waals surface area contributed by atoms with Gasteiger partial charge in [0.05, 0.1) is 5.92 Å². The molecule has 1 aliphatic carbocycles. The van der Waals surface area contributed by atoms with Gasteiger partial charge in [0.15, 0.2) is 0 Å². The third-order valence-corrected chi connectivity index (χ3v) is 4.14. The summed E-state index contributed by atoms with van der Waals surface area (Å²) in [6.45, 7) is 3.18. The van der Waals surface area contributed by atoms with Gasteiger partial charge >= 0.3 is 0 Å². The van der Waals surface area contributed by atoms with Gasteiger partial charge in [-0.2, -0.15) is 0 Å². The maximum Gasteiger partial charge on any atom is 0.228 e. The number of benzene rings is 1. The fourth-order valence-corrected chi connectivity index (χ4v) is 3.06. The Balaban J connectivity index is 0.00000133. The van der Waals surface area contributed by atoms with E-state index in [1.54, 1.807) is 0 Å². The number of carbonyl (C=O) groups is 1. The monoisotopic (exact) mass is 280 g/mol. The smallest absolute Gasteiger partial charge is 0.228 e. The number of nitrogens with one attached hydrogen (secondary N) is 2. The lowest BCUT2D eigenvalue weighted by Gasteiger charge is -2.33. The number of amides is 1. The van der Waals surface area contributed by atoms with E-state index in [0.29, 0.717) is 12.1 Å². The van der Waals surface area contributed by atoms with E-state index in [0.717, 1.165) is 25.8 Å². The molecule has 1 aromatic rings. The minimum atomic E-state index is 0. The van der Waals surface area contributed by atoms with Crippen LogP contribution in [0.15, 0.2) is 24.3 Å². The first-order valence-corrected chi connectivity index (χ1v) is 6.85. The summed E-state index contributed by atoms with van der Waals surface area (Å²) in [6, 6.07) is 9.12. The first-order chi connectivity index (χ1) is 8.74. The molecule has 0 aromatic heterocycles. The molecule has 1 saturated heterocycles. The SMILES string of the molecule is CC1CC(NC(=O)C2Cc3ccccc32)CCN1.Cl. The molecule has 0 spiro atoms. The van der Waals surface area contributed by atoms with Crippen molar-refractivity contribution in [3.05, 3.63) is 35.4 Å². The first-order valence-electron chi connectivity index (χ1n) is 6.85. The number of halogens is 1. The zero-order valence-electron chi connectivity index (χ0n) is 11.2. The van der Waals surface area contributed by atoms with Crippen molar-refractivity contribution >= 4 is 18.3 Å². The summed E-state index contributed by atoms with van der Waals surface area (Å²) in [5.74, 6) is 0.305. The van der Waals surface area contributed by atoms with Crippen molar-refractivity contribution in [3.8, 4) is 0 Å². The number of hydrogen-bond donors (Lipinski definition) is 2. The van der Waals surface area contributed by atoms with Crippen LogP contribution in [0.3, 0.4) is 0 Å². The van der Waals surface area contributed by atoms with Crippen LogP contribution in [0.4, 0.5) is 0 Å². The second kappa shape index (κ2) is 5.93. The maximum absolute atomic E-state index is 12.2. The van der Waals surface area contributed by atoms with E-state index >= 15 is 0 Å². The van der Waals surface area contributed by atoms with Crippen LogP contribution in [-0.2, 0) is 11.2 Å². The van der Waals surface area contributed by atoms with Gasteiger partial charge in [-0.1, -0.05) is 24.3 Å². The Labute approximate surface area is 120 Å². The van der Waals surface area contributed by atoms with Gasteiger partial charge in [0.2, 0.25) is 5.91 Å². The van der Waals surface area contributed by atoms with Gasteiger partial charge in [0.25, 0.3) is 0 Å². The van der Waals surface area contributed by atoms with Crippen molar-refractivity contribution in [2.45, 2.75) is 44.2 Å². The zero-order chi connectivity index (χ0) is 12.5. The van der Waals surface area contributed by atoms with Crippen LogP contribution >= 0.6 is 12.4 Å². The lowest BCUT2D eigenvalue weighted by Crippen LogP contribution is -2.48. The highest BCUT2D eigenvalue weighted by molar-refractivity contribution is 5.87. The summed E-state index contributed by atoms with van der Waals surface area (Å²) in [5, 5.41) is 6.62. The fraction of sp³-hybridized carbons (Fsp3) is 0.533. The van der Waals surface area contributed by atoms with E-state index in [1.807, 2.05) is 12.1 Å². The molecular formula is C15H21ClN2O. The number of piperidine rings is 1. The largest absolute Gasteiger partial charge is 0.353 e. The Morgan fingerprint density at radius 3 is 2.89 bits per heavy atom. The molecule has 104 valence electrons. The minimum Gasteiger partial charge on any atom is -0.353 e. The molecule has 2 aliphatic rings. The molecule has 3 rings (SSSR count). The number of carbonyl (C=O) groups excluding carboxylic acids is 1. The predicted molar refractivity (Wildman–Crippen MR) is 78.8 cm³/mol. The van der Waals surface area contributed by atoms with E-state index in [-0.39, 0.29) is 24.2 Å². The van der Waals surface area contributed by atoms with E-state index in [4.69, 9.17) is 0 Å². The molecule has 4 heteroatoms. The zero-order valence-corrected chi connectivity index (χ0v) is 12.0. The predicted octanol–water partition coefficient (Wildman–Crippen LogP) is 2.00. The van der Waals surface area contributed by atoms with Crippen LogP contribution in [0.1, 0.15) is 36.8 Å². The van der Waals surface area contributed by atoms with Crippen LogP contribution < -0.4 is 10.6 Å². The molecular weight excluding hydrogens is 260 g/mol. The molecule has 0 radical (unpaired) electrons. The standard InChI is InChI=1S/C15H20N2O.ClH/c1-10-8-12(6-7-16-10)17-15(18)14-9-11-4-2-3-5-13(11)14;/h2-5,10,12,14,16H,6-9H2,1H3,(H,17,18);1H. The highest BCUT2D eigenvalue weighted by Gasteiger charge is 2.33. The van der Waals surface area contributed by atoms with Crippen molar-refractivity contribution in [3.63, 3.8) is 0 Å². The fourth-order valence-electron chi connectivity index (χ4n) is 3.06.